The summed E-state index contributed by atoms with van der Waals surface area (Å²) in [5.74, 6) is 3.06. The molecule has 0 amide bonds. The Balaban J connectivity index is 3.00. The van der Waals surface area contributed by atoms with E-state index in [1.54, 1.807) is 0 Å². The Morgan fingerprint density at radius 2 is 2.00 bits per heavy atom. The van der Waals surface area contributed by atoms with Crippen molar-refractivity contribution in [1.29, 1.82) is 0 Å². The van der Waals surface area contributed by atoms with E-state index >= 15 is 0 Å². The highest BCUT2D eigenvalue weighted by molar-refractivity contribution is 5.58. The van der Waals surface area contributed by atoms with Gasteiger partial charge in [0.1, 0.15) is 17.5 Å². The lowest BCUT2D eigenvalue weighted by molar-refractivity contribution is 0.154. The van der Waals surface area contributed by atoms with Crippen LogP contribution < -0.4 is 10.2 Å². The Morgan fingerprint density at radius 1 is 1.32 bits per heavy atom. The molecule has 0 fully saturated rings. The number of rotatable bonds is 7. The van der Waals surface area contributed by atoms with Crippen LogP contribution in [0, 0.1) is 6.92 Å². The Labute approximate surface area is 116 Å². The maximum atomic E-state index is 5.40. The highest BCUT2D eigenvalue weighted by Crippen LogP contribution is 2.24. The SMILES string of the molecule is CCOCCN(C)c1nc(C(C)C)nc(NC)c1C. The molecule has 1 rings (SSSR count). The van der Waals surface area contributed by atoms with Crippen LogP contribution in [0.25, 0.3) is 0 Å². The first-order chi connectivity index (χ1) is 9.01. The topological polar surface area (TPSA) is 50.3 Å². The fourth-order valence-corrected chi connectivity index (χ4v) is 1.85. The molecule has 0 aliphatic heterocycles. The first-order valence-electron chi connectivity index (χ1n) is 6.86. The molecular formula is C14H26N4O. The van der Waals surface area contributed by atoms with Gasteiger partial charge in [0, 0.05) is 38.7 Å². The van der Waals surface area contributed by atoms with Crippen molar-refractivity contribution in [3.8, 4) is 0 Å². The van der Waals surface area contributed by atoms with Crippen molar-refractivity contribution in [1.82, 2.24) is 9.97 Å². The molecule has 1 aromatic rings. The third kappa shape index (κ3) is 4.06. The first kappa shape index (κ1) is 15.7. The number of nitrogens with zero attached hydrogens (tertiary/aromatic N) is 3. The second-order valence-electron chi connectivity index (χ2n) is 4.90. The summed E-state index contributed by atoms with van der Waals surface area (Å²) in [6.45, 7) is 10.5. The summed E-state index contributed by atoms with van der Waals surface area (Å²) in [6, 6.07) is 0. The molecule has 0 saturated carbocycles. The second-order valence-corrected chi connectivity index (χ2v) is 4.90. The van der Waals surface area contributed by atoms with E-state index in [1.165, 1.54) is 0 Å². The van der Waals surface area contributed by atoms with Gasteiger partial charge in [-0.3, -0.25) is 0 Å². The van der Waals surface area contributed by atoms with Crippen molar-refractivity contribution in [2.75, 3.05) is 44.1 Å². The normalized spacial score (nSPS) is 10.9. The second kappa shape index (κ2) is 7.28. The molecule has 5 heteroatoms. The molecule has 108 valence electrons. The van der Waals surface area contributed by atoms with E-state index in [-0.39, 0.29) is 0 Å². The van der Waals surface area contributed by atoms with Gasteiger partial charge >= 0.3 is 0 Å². The van der Waals surface area contributed by atoms with Gasteiger partial charge in [0.15, 0.2) is 0 Å². The van der Waals surface area contributed by atoms with E-state index in [1.807, 2.05) is 27.9 Å². The van der Waals surface area contributed by atoms with Crippen molar-refractivity contribution in [3.63, 3.8) is 0 Å². The monoisotopic (exact) mass is 266 g/mol. The number of likely N-dealkylation sites (N-methyl/N-ethyl adjacent to an activating group) is 1. The smallest absolute Gasteiger partial charge is 0.137 e. The van der Waals surface area contributed by atoms with E-state index < -0.39 is 0 Å². The fourth-order valence-electron chi connectivity index (χ4n) is 1.85. The molecule has 1 heterocycles. The van der Waals surface area contributed by atoms with Crippen LogP contribution >= 0.6 is 0 Å². The molecule has 0 unspecified atom stereocenters. The first-order valence-corrected chi connectivity index (χ1v) is 6.86. The number of anilines is 2. The molecule has 1 aromatic heterocycles. The lowest BCUT2D eigenvalue weighted by atomic mass is 10.2. The van der Waals surface area contributed by atoms with Gasteiger partial charge in [0.25, 0.3) is 0 Å². The summed E-state index contributed by atoms with van der Waals surface area (Å²) >= 11 is 0. The van der Waals surface area contributed by atoms with Gasteiger partial charge in [-0.2, -0.15) is 0 Å². The molecule has 0 aliphatic carbocycles. The summed E-state index contributed by atoms with van der Waals surface area (Å²) < 4.78 is 5.40. The molecular weight excluding hydrogens is 240 g/mol. The highest BCUT2D eigenvalue weighted by Gasteiger charge is 2.15. The molecule has 0 radical (unpaired) electrons. The van der Waals surface area contributed by atoms with Gasteiger partial charge in [0.05, 0.1) is 6.61 Å². The number of hydrogen-bond donors (Lipinski definition) is 1. The molecule has 0 aromatic carbocycles. The maximum Gasteiger partial charge on any atom is 0.137 e. The lowest BCUT2D eigenvalue weighted by Crippen LogP contribution is -2.25. The highest BCUT2D eigenvalue weighted by atomic mass is 16.5. The molecule has 5 nitrogen and oxygen atoms in total. The van der Waals surface area contributed by atoms with Crippen LogP contribution in [0.2, 0.25) is 0 Å². The third-order valence-electron chi connectivity index (χ3n) is 3.03. The van der Waals surface area contributed by atoms with E-state index in [2.05, 4.69) is 34.0 Å². The summed E-state index contributed by atoms with van der Waals surface area (Å²) in [5.41, 5.74) is 1.07. The Morgan fingerprint density at radius 3 is 2.53 bits per heavy atom. The minimum Gasteiger partial charge on any atom is -0.380 e. The summed E-state index contributed by atoms with van der Waals surface area (Å²) in [5, 5.41) is 3.14. The standard InChI is InChI=1S/C14H26N4O/c1-7-19-9-8-18(6)14-11(4)13(15-5)16-12(17-14)10(2)3/h10H,7-9H2,1-6H3,(H,15,16,17). The number of hydrogen-bond acceptors (Lipinski definition) is 5. The molecule has 0 bridgehead atoms. The average molecular weight is 266 g/mol. The largest absolute Gasteiger partial charge is 0.380 e. The zero-order chi connectivity index (χ0) is 14.4. The van der Waals surface area contributed by atoms with Crippen LogP contribution in [0.5, 0.6) is 0 Å². The summed E-state index contributed by atoms with van der Waals surface area (Å²) in [6.07, 6.45) is 0. The predicted molar refractivity (Wildman–Crippen MR) is 80.2 cm³/mol. The number of aromatic nitrogens is 2. The van der Waals surface area contributed by atoms with Crippen LogP contribution in [0.1, 0.15) is 38.1 Å². The van der Waals surface area contributed by atoms with Crippen LogP contribution in [0.15, 0.2) is 0 Å². The average Bonchev–Trinajstić information content (AvgIpc) is 2.38. The van der Waals surface area contributed by atoms with E-state index in [0.717, 1.165) is 36.2 Å². The summed E-state index contributed by atoms with van der Waals surface area (Å²) in [7, 11) is 3.93. The molecule has 0 aliphatic rings. The van der Waals surface area contributed by atoms with Gasteiger partial charge in [0.2, 0.25) is 0 Å². The molecule has 19 heavy (non-hydrogen) atoms. The van der Waals surface area contributed by atoms with Gasteiger partial charge in [-0.1, -0.05) is 13.8 Å². The fraction of sp³-hybridized carbons (Fsp3) is 0.714. The van der Waals surface area contributed by atoms with Crippen molar-refractivity contribution >= 4 is 11.6 Å². The van der Waals surface area contributed by atoms with Crippen molar-refractivity contribution in [2.24, 2.45) is 0 Å². The number of nitrogens with one attached hydrogen (secondary N) is 1. The predicted octanol–water partition coefficient (Wildman–Crippen LogP) is 2.42. The van der Waals surface area contributed by atoms with Gasteiger partial charge in [-0.05, 0) is 13.8 Å². The van der Waals surface area contributed by atoms with Gasteiger partial charge < -0.3 is 15.0 Å². The zero-order valence-electron chi connectivity index (χ0n) is 12.9. The van der Waals surface area contributed by atoms with Crippen molar-refractivity contribution < 1.29 is 4.74 Å². The van der Waals surface area contributed by atoms with Crippen LogP contribution in [-0.2, 0) is 4.74 Å². The van der Waals surface area contributed by atoms with Crippen molar-refractivity contribution in [3.05, 3.63) is 11.4 Å². The van der Waals surface area contributed by atoms with Crippen LogP contribution in [0.4, 0.5) is 11.6 Å². The summed E-state index contributed by atoms with van der Waals surface area (Å²) in [4.78, 5) is 11.4. The van der Waals surface area contributed by atoms with Crippen LogP contribution in [0.3, 0.4) is 0 Å². The van der Waals surface area contributed by atoms with Crippen molar-refractivity contribution in [2.45, 2.75) is 33.6 Å². The lowest BCUT2D eigenvalue weighted by Gasteiger charge is -2.22. The quantitative estimate of drug-likeness (QED) is 0.768. The van der Waals surface area contributed by atoms with Crippen LogP contribution in [-0.4, -0.2) is 43.8 Å². The van der Waals surface area contributed by atoms with E-state index in [4.69, 9.17) is 4.74 Å². The van der Waals surface area contributed by atoms with E-state index in [9.17, 15) is 0 Å². The Kier molecular flexibility index (Phi) is 6.02. The van der Waals surface area contributed by atoms with Gasteiger partial charge in [-0.15, -0.1) is 0 Å². The molecule has 0 spiro atoms. The Bertz CT molecular complexity index is 407. The third-order valence-corrected chi connectivity index (χ3v) is 3.03. The number of ether oxygens (including phenoxy) is 1. The Hall–Kier alpha value is -1.36. The van der Waals surface area contributed by atoms with Gasteiger partial charge in [-0.25, -0.2) is 9.97 Å². The maximum absolute atomic E-state index is 5.40. The zero-order valence-corrected chi connectivity index (χ0v) is 12.9. The van der Waals surface area contributed by atoms with E-state index in [0.29, 0.717) is 12.5 Å². The minimum absolute atomic E-state index is 0.312. The molecule has 1 N–H and O–H groups in total. The molecule has 0 saturated heterocycles. The minimum atomic E-state index is 0.312. The molecule has 0 atom stereocenters.